The van der Waals surface area contributed by atoms with Crippen LogP contribution in [0.5, 0.6) is 0 Å². The molecule has 2 saturated carbocycles. The van der Waals surface area contributed by atoms with Crippen LogP contribution in [-0.2, 0) is 0 Å². The lowest BCUT2D eigenvalue weighted by Crippen LogP contribution is -2.02. The van der Waals surface area contributed by atoms with Crippen molar-refractivity contribution in [2.45, 2.75) is 47.7 Å². The highest BCUT2D eigenvalue weighted by atomic mass is 32.2. The highest BCUT2D eigenvalue weighted by molar-refractivity contribution is 7.99. The predicted molar refractivity (Wildman–Crippen MR) is 77.4 cm³/mol. The molecule has 0 saturated heterocycles. The molecule has 0 unspecified atom stereocenters. The number of halogens is 2. The highest BCUT2D eigenvalue weighted by Gasteiger charge is 2.37. The van der Waals surface area contributed by atoms with Crippen LogP contribution in [0.25, 0.3) is 0 Å². The van der Waals surface area contributed by atoms with Gasteiger partial charge in [-0.2, -0.15) is 0 Å². The number of aromatic nitrogens is 3. The van der Waals surface area contributed by atoms with E-state index in [1.54, 1.807) is 0 Å². The van der Waals surface area contributed by atoms with E-state index in [0.717, 1.165) is 55.4 Å². The van der Waals surface area contributed by atoms with Crippen LogP contribution in [0.15, 0.2) is 22.2 Å². The molecule has 0 spiro atoms. The van der Waals surface area contributed by atoms with Crippen LogP contribution in [-0.4, -0.2) is 19.7 Å². The first-order chi connectivity index (χ1) is 11.0. The third-order valence-electron chi connectivity index (χ3n) is 3.93. The average molecular weight is 338 g/mol. The maximum Gasteiger partial charge on any atom is 0.275 e. The van der Waals surface area contributed by atoms with E-state index in [1.807, 2.05) is 4.57 Å². The summed E-state index contributed by atoms with van der Waals surface area (Å²) in [4.78, 5) is 9.54. The van der Waals surface area contributed by atoms with E-state index >= 15 is 0 Å². The minimum atomic E-state index is -0.958. The molecular formula is C14H12F2N4O2S. The molecule has 2 aliphatic carbocycles. The Morgan fingerprint density at radius 3 is 2.35 bits per heavy atom. The van der Waals surface area contributed by atoms with Crippen LogP contribution in [0, 0.1) is 21.7 Å². The molecule has 6 nitrogen and oxygen atoms in total. The Kier molecular flexibility index (Phi) is 3.33. The van der Waals surface area contributed by atoms with Crippen molar-refractivity contribution in [3.63, 3.8) is 0 Å². The van der Waals surface area contributed by atoms with Crippen LogP contribution in [0.4, 0.5) is 14.5 Å². The predicted octanol–water partition coefficient (Wildman–Crippen LogP) is 3.83. The molecule has 0 bridgehead atoms. The topological polar surface area (TPSA) is 73.8 Å². The van der Waals surface area contributed by atoms with Crippen LogP contribution in [0.1, 0.15) is 43.5 Å². The van der Waals surface area contributed by atoms with E-state index in [9.17, 15) is 18.9 Å². The molecule has 0 aliphatic heterocycles. The molecular weight excluding hydrogens is 326 g/mol. The second kappa shape index (κ2) is 5.26. The molecule has 0 atom stereocenters. The lowest BCUT2D eigenvalue weighted by molar-refractivity contribution is -0.385. The summed E-state index contributed by atoms with van der Waals surface area (Å²) in [7, 11) is 0. The first-order valence-electron chi connectivity index (χ1n) is 7.30. The largest absolute Gasteiger partial charge is 0.302 e. The lowest BCUT2D eigenvalue weighted by Gasteiger charge is -2.09. The molecule has 0 N–H and O–H groups in total. The van der Waals surface area contributed by atoms with E-state index in [-0.39, 0.29) is 4.90 Å². The van der Waals surface area contributed by atoms with Crippen molar-refractivity contribution in [1.29, 1.82) is 0 Å². The zero-order valence-electron chi connectivity index (χ0n) is 11.9. The molecule has 120 valence electrons. The van der Waals surface area contributed by atoms with Crippen LogP contribution < -0.4 is 0 Å². The van der Waals surface area contributed by atoms with Gasteiger partial charge in [-0.05, 0) is 37.4 Å². The van der Waals surface area contributed by atoms with Crippen LogP contribution in [0.2, 0.25) is 0 Å². The fraction of sp³-hybridized carbons (Fsp3) is 0.429. The van der Waals surface area contributed by atoms with E-state index < -0.39 is 22.2 Å². The van der Waals surface area contributed by atoms with Crippen molar-refractivity contribution < 1.29 is 13.7 Å². The third kappa shape index (κ3) is 2.69. The number of nitro groups is 1. The van der Waals surface area contributed by atoms with Gasteiger partial charge in [-0.1, -0.05) is 0 Å². The van der Waals surface area contributed by atoms with E-state index in [0.29, 0.717) is 17.1 Å². The Morgan fingerprint density at radius 1 is 1.17 bits per heavy atom. The van der Waals surface area contributed by atoms with Gasteiger partial charge in [0.05, 0.1) is 22.0 Å². The molecule has 0 radical (unpaired) electrons. The van der Waals surface area contributed by atoms with Gasteiger partial charge >= 0.3 is 0 Å². The number of nitro benzene ring substituents is 1. The Bertz CT molecular complexity index is 779. The van der Waals surface area contributed by atoms with Crippen molar-refractivity contribution in [2.75, 3.05) is 0 Å². The number of rotatable bonds is 5. The summed E-state index contributed by atoms with van der Waals surface area (Å²) in [5, 5.41) is 19.4. The van der Waals surface area contributed by atoms with Crippen molar-refractivity contribution in [2.24, 2.45) is 0 Å². The fourth-order valence-electron chi connectivity index (χ4n) is 2.49. The van der Waals surface area contributed by atoms with Gasteiger partial charge in [-0.3, -0.25) is 10.1 Å². The molecule has 1 aromatic carbocycles. The third-order valence-corrected chi connectivity index (χ3v) is 4.99. The SMILES string of the molecule is O=[N+]([O-])c1cc(F)c(Sc2nnc(C3CC3)n2C2CC2)c(F)c1. The normalized spacial score (nSPS) is 17.5. The highest BCUT2D eigenvalue weighted by Crippen LogP contribution is 2.47. The quantitative estimate of drug-likeness (QED) is 0.612. The van der Waals surface area contributed by atoms with Crippen LogP contribution in [0.3, 0.4) is 0 Å². The fourth-order valence-corrected chi connectivity index (χ4v) is 3.41. The van der Waals surface area contributed by atoms with Crippen molar-refractivity contribution in [3.05, 3.63) is 39.7 Å². The maximum atomic E-state index is 14.1. The first-order valence-corrected chi connectivity index (χ1v) is 8.12. The summed E-state index contributed by atoms with van der Waals surface area (Å²) in [6.45, 7) is 0. The number of nitrogens with zero attached hydrogens (tertiary/aromatic N) is 4. The van der Waals surface area contributed by atoms with Crippen molar-refractivity contribution in [3.8, 4) is 0 Å². The van der Waals surface area contributed by atoms with Crippen LogP contribution >= 0.6 is 11.8 Å². The molecule has 1 aromatic heterocycles. The molecule has 23 heavy (non-hydrogen) atoms. The summed E-state index contributed by atoms with van der Waals surface area (Å²) < 4.78 is 30.1. The Morgan fingerprint density at radius 2 is 1.83 bits per heavy atom. The Labute approximate surface area is 134 Å². The summed E-state index contributed by atoms with van der Waals surface area (Å²) in [6, 6.07) is 1.75. The van der Waals surface area contributed by atoms with E-state index in [1.165, 1.54) is 0 Å². The molecule has 0 amide bonds. The van der Waals surface area contributed by atoms with Crippen molar-refractivity contribution >= 4 is 17.4 Å². The maximum absolute atomic E-state index is 14.1. The lowest BCUT2D eigenvalue weighted by atomic mass is 10.3. The summed E-state index contributed by atoms with van der Waals surface area (Å²) >= 11 is 0.839. The van der Waals surface area contributed by atoms with E-state index in [2.05, 4.69) is 10.2 Å². The number of hydrogen-bond donors (Lipinski definition) is 0. The minimum absolute atomic E-state index is 0.285. The molecule has 1 heterocycles. The Hall–Kier alpha value is -2.03. The molecule has 2 aromatic rings. The summed E-state index contributed by atoms with van der Waals surface area (Å²) in [6.07, 6.45) is 4.15. The van der Waals surface area contributed by atoms with Gasteiger partial charge in [0.2, 0.25) is 0 Å². The monoisotopic (exact) mass is 338 g/mol. The number of non-ortho nitro benzene ring substituents is 1. The van der Waals surface area contributed by atoms with Gasteiger partial charge < -0.3 is 4.57 Å². The summed E-state index contributed by atoms with van der Waals surface area (Å²) in [5.74, 6) is -0.637. The van der Waals surface area contributed by atoms with Gasteiger partial charge in [-0.25, -0.2) is 8.78 Å². The van der Waals surface area contributed by atoms with E-state index in [4.69, 9.17) is 0 Å². The Balaban J connectivity index is 1.70. The zero-order chi connectivity index (χ0) is 16.1. The standard InChI is InChI=1S/C14H12F2N4O2S/c15-10-5-9(20(21)22)6-11(16)12(10)23-14-18-17-13(7-1-2-7)19(14)8-3-4-8/h5-8H,1-4H2. The zero-order valence-corrected chi connectivity index (χ0v) is 12.7. The van der Waals surface area contributed by atoms with Gasteiger partial charge in [0.25, 0.3) is 5.69 Å². The average Bonchev–Trinajstić information content (AvgIpc) is 3.41. The van der Waals surface area contributed by atoms with Gasteiger partial charge in [0, 0.05) is 12.0 Å². The van der Waals surface area contributed by atoms with Gasteiger partial charge in [0.15, 0.2) is 5.16 Å². The number of hydrogen-bond acceptors (Lipinski definition) is 5. The smallest absolute Gasteiger partial charge is 0.275 e. The molecule has 2 aliphatic rings. The van der Waals surface area contributed by atoms with Crippen molar-refractivity contribution in [1.82, 2.24) is 14.8 Å². The molecule has 4 rings (SSSR count). The second-order valence-electron chi connectivity index (χ2n) is 5.81. The molecule has 9 heteroatoms. The second-order valence-corrected chi connectivity index (χ2v) is 6.79. The molecule has 2 fully saturated rings. The minimum Gasteiger partial charge on any atom is -0.302 e. The summed E-state index contributed by atoms with van der Waals surface area (Å²) in [5.41, 5.74) is -0.605. The number of benzene rings is 1. The first kappa shape index (κ1) is 14.6. The van der Waals surface area contributed by atoms with Gasteiger partial charge in [0.1, 0.15) is 17.5 Å². The van der Waals surface area contributed by atoms with Gasteiger partial charge in [-0.15, -0.1) is 10.2 Å².